The summed E-state index contributed by atoms with van der Waals surface area (Å²) in [5, 5.41) is 15.8. The monoisotopic (exact) mass is 417 g/mol. The van der Waals surface area contributed by atoms with Crippen LogP contribution in [0.15, 0.2) is 61.6 Å². The second-order valence-corrected chi connectivity index (χ2v) is 6.55. The summed E-state index contributed by atoms with van der Waals surface area (Å²) in [5.74, 6) is 1.13. The first-order valence-electron chi connectivity index (χ1n) is 9.04. The molecule has 0 aliphatic heterocycles. The summed E-state index contributed by atoms with van der Waals surface area (Å²) in [7, 11) is 0. The van der Waals surface area contributed by atoms with Gasteiger partial charge in [0.1, 0.15) is 17.3 Å². The zero-order valence-corrected chi connectivity index (χ0v) is 16.5. The number of nitrogens with zero attached hydrogens (tertiary/aromatic N) is 7. The number of rotatable bonds is 7. The molecule has 0 saturated carbocycles. The van der Waals surface area contributed by atoms with Gasteiger partial charge in [-0.3, -0.25) is 0 Å². The molecule has 10 heteroatoms. The molecule has 148 valence electrons. The molecule has 3 aromatic heterocycles. The Morgan fingerprint density at radius 2 is 1.90 bits per heavy atom. The van der Waals surface area contributed by atoms with Crippen LogP contribution in [-0.2, 0) is 0 Å². The van der Waals surface area contributed by atoms with Gasteiger partial charge in [0, 0.05) is 37.1 Å². The van der Waals surface area contributed by atoms with Gasteiger partial charge in [-0.25, -0.2) is 24.9 Å². The highest BCUT2D eigenvalue weighted by molar-refractivity contribution is 6.29. The van der Waals surface area contributed by atoms with Gasteiger partial charge in [0.15, 0.2) is 0 Å². The van der Waals surface area contributed by atoms with Gasteiger partial charge in [-0.15, -0.1) is 0 Å². The van der Waals surface area contributed by atoms with Crippen molar-refractivity contribution in [1.29, 1.82) is 5.26 Å². The van der Waals surface area contributed by atoms with Crippen molar-refractivity contribution in [2.24, 2.45) is 0 Å². The fraction of sp³-hybridized carbons (Fsp3) is 0.100. The molecule has 0 aliphatic rings. The largest absolute Gasteiger partial charge is 0.368 e. The van der Waals surface area contributed by atoms with Crippen molar-refractivity contribution in [3.05, 3.63) is 72.3 Å². The van der Waals surface area contributed by atoms with Crippen molar-refractivity contribution in [2.45, 2.75) is 0 Å². The topological polar surface area (TPSA) is 117 Å². The van der Waals surface area contributed by atoms with E-state index in [1.54, 1.807) is 36.9 Å². The van der Waals surface area contributed by atoms with Crippen molar-refractivity contribution >= 4 is 23.4 Å². The highest BCUT2D eigenvalue weighted by Crippen LogP contribution is 2.25. The molecule has 0 aliphatic carbocycles. The molecule has 9 nitrogen and oxygen atoms in total. The molecule has 0 atom stereocenters. The summed E-state index contributed by atoms with van der Waals surface area (Å²) in [6.45, 7) is 1.16. The molecule has 0 saturated heterocycles. The van der Waals surface area contributed by atoms with E-state index in [0.29, 0.717) is 35.6 Å². The summed E-state index contributed by atoms with van der Waals surface area (Å²) in [6, 6.07) is 11.0. The van der Waals surface area contributed by atoms with E-state index in [1.807, 2.05) is 22.9 Å². The van der Waals surface area contributed by atoms with E-state index in [2.05, 4.69) is 41.6 Å². The maximum Gasteiger partial charge on any atom is 0.223 e. The van der Waals surface area contributed by atoms with Crippen LogP contribution in [0.25, 0.3) is 16.9 Å². The fourth-order valence-corrected chi connectivity index (χ4v) is 2.91. The number of benzene rings is 1. The van der Waals surface area contributed by atoms with Gasteiger partial charge in [0.05, 0.1) is 35.5 Å². The predicted octanol–water partition coefficient (Wildman–Crippen LogP) is 3.17. The first-order chi connectivity index (χ1) is 14.7. The Hall–Kier alpha value is -4.03. The molecule has 0 bridgehead atoms. The smallest absolute Gasteiger partial charge is 0.223 e. The number of nitrogens with one attached hydrogen (secondary N) is 2. The van der Waals surface area contributed by atoms with Crippen LogP contribution < -0.4 is 10.6 Å². The Kier molecular flexibility index (Phi) is 5.78. The maximum absolute atomic E-state index is 9.05. The van der Waals surface area contributed by atoms with E-state index >= 15 is 0 Å². The minimum atomic E-state index is 0.381. The minimum Gasteiger partial charge on any atom is -0.368 e. The van der Waals surface area contributed by atoms with Gasteiger partial charge in [0.25, 0.3) is 0 Å². The molecule has 4 rings (SSSR count). The van der Waals surface area contributed by atoms with E-state index in [1.165, 1.54) is 6.33 Å². The van der Waals surface area contributed by atoms with Gasteiger partial charge in [-0.1, -0.05) is 23.7 Å². The Morgan fingerprint density at radius 3 is 2.63 bits per heavy atom. The van der Waals surface area contributed by atoms with E-state index < -0.39 is 0 Å². The van der Waals surface area contributed by atoms with Crippen LogP contribution in [0.5, 0.6) is 0 Å². The molecule has 0 radical (unpaired) electrons. The lowest BCUT2D eigenvalue weighted by molar-refractivity contribution is 0.983. The molecule has 3 heterocycles. The number of hydrogen-bond acceptors (Lipinski definition) is 8. The van der Waals surface area contributed by atoms with Gasteiger partial charge in [-0.05, 0) is 12.1 Å². The second-order valence-electron chi connectivity index (χ2n) is 6.17. The lowest BCUT2D eigenvalue weighted by Crippen LogP contribution is -2.16. The van der Waals surface area contributed by atoms with Crippen LogP contribution in [-0.4, -0.2) is 42.6 Å². The number of nitriles is 1. The second kappa shape index (κ2) is 8.98. The van der Waals surface area contributed by atoms with Crippen LogP contribution in [0.4, 0.5) is 11.8 Å². The Bertz CT molecular complexity index is 1170. The third kappa shape index (κ3) is 4.51. The molecule has 2 N–H and O–H groups in total. The molecule has 30 heavy (non-hydrogen) atoms. The standard InChI is InChI=1S/C20H16ClN9/c21-17-9-18(28-12-27-17)24-5-6-25-20-26-11-16(30-8-7-23-13-30)19(29-20)15-3-1-14(10-22)2-4-15/h1-4,7-9,11-13H,5-6H2,(H,24,27,28)(H,25,26,29). The highest BCUT2D eigenvalue weighted by atomic mass is 35.5. The van der Waals surface area contributed by atoms with E-state index in [4.69, 9.17) is 16.9 Å². The Balaban J connectivity index is 1.52. The number of anilines is 2. The normalized spacial score (nSPS) is 10.4. The van der Waals surface area contributed by atoms with Crippen molar-refractivity contribution in [3.8, 4) is 23.0 Å². The van der Waals surface area contributed by atoms with Crippen molar-refractivity contribution in [2.75, 3.05) is 23.7 Å². The zero-order chi connectivity index (χ0) is 20.8. The molecule has 0 fully saturated rings. The number of imidazole rings is 1. The van der Waals surface area contributed by atoms with Gasteiger partial charge >= 0.3 is 0 Å². The minimum absolute atomic E-state index is 0.381. The summed E-state index contributed by atoms with van der Waals surface area (Å²) < 4.78 is 1.84. The third-order valence-electron chi connectivity index (χ3n) is 4.19. The molecule has 0 unspecified atom stereocenters. The SMILES string of the molecule is N#Cc1ccc(-c2nc(NCCNc3cc(Cl)ncn3)ncc2-n2ccnc2)cc1. The van der Waals surface area contributed by atoms with E-state index in [-0.39, 0.29) is 0 Å². The Morgan fingerprint density at radius 1 is 1.07 bits per heavy atom. The summed E-state index contributed by atoms with van der Waals surface area (Å²) in [5.41, 5.74) is 2.98. The predicted molar refractivity (Wildman–Crippen MR) is 113 cm³/mol. The maximum atomic E-state index is 9.05. The first kappa shape index (κ1) is 19.3. The molecular formula is C20H16ClN9. The summed E-state index contributed by atoms with van der Waals surface area (Å²) in [4.78, 5) is 21.1. The van der Waals surface area contributed by atoms with Gasteiger partial charge in [0.2, 0.25) is 5.95 Å². The van der Waals surface area contributed by atoms with E-state index in [0.717, 1.165) is 16.9 Å². The molecule has 1 aromatic carbocycles. The molecule has 0 spiro atoms. The Labute approximate surface area is 177 Å². The van der Waals surface area contributed by atoms with Crippen molar-refractivity contribution in [1.82, 2.24) is 29.5 Å². The van der Waals surface area contributed by atoms with Crippen LogP contribution in [0, 0.1) is 11.3 Å². The third-order valence-corrected chi connectivity index (χ3v) is 4.39. The zero-order valence-electron chi connectivity index (χ0n) is 15.7. The number of aromatic nitrogens is 6. The van der Waals surface area contributed by atoms with Crippen molar-refractivity contribution in [3.63, 3.8) is 0 Å². The summed E-state index contributed by atoms with van der Waals surface area (Å²) in [6.07, 6.45) is 8.35. The van der Waals surface area contributed by atoms with Crippen LogP contribution in [0.1, 0.15) is 5.56 Å². The van der Waals surface area contributed by atoms with Crippen LogP contribution in [0.3, 0.4) is 0 Å². The van der Waals surface area contributed by atoms with Gasteiger partial charge < -0.3 is 15.2 Å². The lowest BCUT2D eigenvalue weighted by atomic mass is 10.1. The van der Waals surface area contributed by atoms with Crippen LogP contribution in [0.2, 0.25) is 5.15 Å². The average Bonchev–Trinajstić information content (AvgIpc) is 3.31. The lowest BCUT2D eigenvalue weighted by Gasteiger charge is -2.12. The molecule has 0 amide bonds. The van der Waals surface area contributed by atoms with Crippen molar-refractivity contribution < 1.29 is 0 Å². The highest BCUT2D eigenvalue weighted by Gasteiger charge is 2.11. The number of halogens is 1. The summed E-state index contributed by atoms with van der Waals surface area (Å²) >= 11 is 5.85. The molecular weight excluding hydrogens is 402 g/mol. The fourth-order valence-electron chi connectivity index (χ4n) is 2.76. The first-order valence-corrected chi connectivity index (χ1v) is 9.42. The quantitative estimate of drug-likeness (QED) is 0.348. The van der Waals surface area contributed by atoms with E-state index in [9.17, 15) is 0 Å². The number of hydrogen-bond donors (Lipinski definition) is 2. The molecule has 4 aromatic rings. The van der Waals surface area contributed by atoms with Gasteiger partial charge in [-0.2, -0.15) is 5.26 Å². The van der Waals surface area contributed by atoms with Crippen LogP contribution >= 0.6 is 11.6 Å². The average molecular weight is 418 g/mol.